The van der Waals surface area contributed by atoms with E-state index in [-0.39, 0.29) is 44.1 Å². The second-order valence-corrected chi connectivity index (χ2v) is 11.7. The molecule has 1 unspecified atom stereocenters. The molecule has 2 saturated heterocycles. The van der Waals surface area contributed by atoms with Gasteiger partial charge < -0.3 is 24.6 Å². The van der Waals surface area contributed by atoms with Crippen LogP contribution in [-0.2, 0) is 33.7 Å². The lowest BCUT2D eigenvalue weighted by Gasteiger charge is -2.36. The van der Waals surface area contributed by atoms with E-state index in [1.807, 2.05) is 6.07 Å². The van der Waals surface area contributed by atoms with Gasteiger partial charge in [-0.2, -0.15) is 0 Å². The Hall–Kier alpha value is -2.89. The Balaban J connectivity index is 1.25. The number of benzene rings is 1. The van der Waals surface area contributed by atoms with Gasteiger partial charge in [-0.3, -0.25) is 9.69 Å². The van der Waals surface area contributed by atoms with Gasteiger partial charge in [-0.05, 0) is 87.6 Å². The molecule has 5 rings (SSSR count). The van der Waals surface area contributed by atoms with Crippen LogP contribution in [0.3, 0.4) is 0 Å². The quantitative estimate of drug-likeness (QED) is 0.272. The number of ether oxygens (including phenoxy) is 3. The summed E-state index contributed by atoms with van der Waals surface area (Å²) in [6.45, 7) is 2.28. The number of carbonyl (C=O) groups is 1. The predicted octanol–water partition coefficient (Wildman–Crippen LogP) is 5.92. The highest BCUT2D eigenvalue weighted by atomic mass is 19.3. The number of unbranched alkanes of at least 4 members (excludes halogenated alkanes) is 1. The van der Waals surface area contributed by atoms with Crippen molar-refractivity contribution in [3.63, 3.8) is 0 Å². The second-order valence-electron chi connectivity index (χ2n) is 11.7. The maximum absolute atomic E-state index is 15.8. The van der Waals surface area contributed by atoms with E-state index in [0.29, 0.717) is 50.9 Å². The van der Waals surface area contributed by atoms with Crippen LogP contribution in [0.2, 0.25) is 0 Å². The Labute approximate surface area is 250 Å². The number of methoxy groups -OCH3 is 1. The number of pyridine rings is 1. The first-order chi connectivity index (χ1) is 20.8. The van der Waals surface area contributed by atoms with Gasteiger partial charge in [-0.25, -0.2) is 18.2 Å². The summed E-state index contributed by atoms with van der Waals surface area (Å²) in [5.74, 6) is -3.42. The molecule has 0 saturated carbocycles. The molecule has 1 aromatic carbocycles. The summed E-state index contributed by atoms with van der Waals surface area (Å²) >= 11 is 0. The molecule has 2 fully saturated rings. The zero-order valence-electron chi connectivity index (χ0n) is 24.8. The van der Waals surface area contributed by atoms with Crippen LogP contribution in [0.1, 0.15) is 79.8 Å². The molecule has 0 spiro atoms. The molecule has 1 aromatic heterocycles. The lowest BCUT2D eigenvalue weighted by molar-refractivity contribution is -0.148. The highest BCUT2D eigenvalue weighted by Gasteiger charge is 2.49. The second kappa shape index (κ2) is 14.3. The number of likely N-dealkylation sites (tertiary alicyclic amines) is 1. The number of aliphatic carboxylic acids is 1. The number of aryl methyl sites for hydroxylation is 1. The van der Waals surface area contributed by atoms with Crippen LogP contribution in [0.5, 0.6) is 5.75 Å². The lowest BCUT2D eigenvalue weighted by Crippen LogP contribution is -2.47. The van der Waals surface area contributed by atoms with Crippen molar-refractivity contribution in [2.75, 3.05) is 38.7 Å². The average Bonchev–Trinajstić information content (AvgIpc) is 3.49. The third-order valence-corrected chi connectivity index (χ3v) is 8.84. The summed E-state index contributed by atoms with van der Waals surface area (Å²) in [5.41, 5.74) is 2.51. The van der Waals surface area contributed by atoms with Crippen molar-refractivity contribution in [1.82, 2.24) is 9.88 Å². The number of fused-ring (bicyclic) bond motifs is 1. The van der Waals surface area contributed by atoms with Crippen molar-refractivity contribution in [3.8, 4) is 5.75 Å². The number of rotatable bonds is 13. The van der Waals surface area contributed by atoms with Gasteiger partial charge in [0.05, 0.1) is 25.9 Å². The van der Waals surface area contributed by atoms with E-state index < -0.39 is 29.8 Å². The number of alkyl halides is 2. The van der Waals surface area contributed by atoms with Gasteiger partial charge in [0.15, 0.2) is 0 Å². The van der Waals surface area contributed by atoms with E-state index in [0.717, 1.165) is 48.3 Å². The van der Waals surface area contributed by atoms with Crippen LogP contribution in [-0.4, -0.2) is 72.4 Å². The van der Waals surface area contributed by atoms with Crippen molar-refractivity contribution in [2.24, 2.45) is 0 Å². The number of hydrogen-bond donors (Lipinski definition) is 2. The van der Waals surface area contributed by atoms with E-state index >= 15 is 8.78 Å². The van der Waals surface area contributed by atoms with Gasteiger partial charge in [0, 0.05) is 43.5 Å². The van der Waals surface area contributed by atoms with Crippen molar-refractivity contribution in [2.45, 2.75) is 94.9 Å². The molecule has 236 valence electrons. The summed E-state index contributed by atoms with van der Waals surface area (Å²) in [5, 5.41) is 13.6. The maximum atomic E-state index is 15.8. The highest BCUT2D eigenvalue weighted by molar-refractivity contribution is 5.76. The number of hydrogen-bond acceptors (Lipinski definition) is 7. The topological polar surface area (TPSA) is 93.2 Å². The Morgan fingerprint density at radius 1 is 1.21 bits per heavy atom. The number of anilines is 1. The molecular weight excluding hydrogens is 563 g/mol. The SMILES string of the molecule is COc1cc(CCCCC(F)(F)[C@H]2CCCN2C(C(=O)O)c2cc(F)ccc2COC2CCOCC2)nc2c1CCCN2. The standard InChI is InChI=1S/C32H42F3N3O5/c1-41-27-19-23(37-30-25(27)7-4-14-36-30)6-2-3-13-32(34,35)28-8-5-15-38(28)29(31(39)40)26-18-22(33)10-9-21(26)20-43-24-11-16-42-17-12-24/h9-10,18-19,24,28-29H,2-8,11-17,20H2,1H3,(H,36,37)(H,39,40)/t28-,29?/m1/s1. The number of carboxylic acid groups (broad SMARTS) is 1. The van der Waals surface area contributed by atoms with Crippen LogP contribution in [0, 0.1) is 5.82 Å². The van der Waals surface area contributed by atoms with E-state index in [1.165, 1.54) is 17.0 Å². The molecule has 0 aliphatic carbocycles. The molecule has 0 bridgehead atoms. The normalized spacial score (nSPS) is 20.4. The summed E-state index contributed by atoms with van der Waals surface area (Å²) in [6, 6.07) is 3.15. The van der Waals surface area contributed by atoms with E-state index in [1.54, 1.807) is 7.11 Å². The minimum Gasteiger partial charge on any atom is -0.496 e. The fourth-order valence-corrected chi connectivity index (χ4v) is 6.61. The Kier molecular flexibility index (Phi) is 10.5. The smallest absolute Gasteiger partial charge is 0.325 e. The Morgan fingerprint density at radius 2 is 2.02 bits per heavy atom. The first-order valence-corrected chi connectivity index (χ1v) is 15.4. The van der Waals surface area contributed by atoms with Crippen LogP contribution in [0.15, 0.2) is 24.3 Å². The zero-order valence-corrected chi connectivity index (χ0v) is 24.8. The third kappa shape index (κ3) is 7.61. The minimum atomic E-state index is -3.11. The Morgan fingerprint density at radius 3 is 2.79 bits per heavy atom. The van der Waals surface area contributed by atoms with Crippen LogP contribution >= 0.6 is 0 Å². The first-order valence-electron chi connectivity index (χ1n) is 15.4. The summed E-state index contributed by atoms with van der Waals surface area (Å²) in [6.07, 6.45) is 4.83. The van der Waals surface area contributed by atoms with Crippen molar-refractivity contribution < 1.29 is 37.3 Å². The maximum Gasteiger partial charge on any atom is 0.325 e. The summed E-state index contributed by atoms with van der Waals surface area (Å²) in [7, 11) is 1.62. The third-order valence-electron chi connectivity index (χ3n) is 8.84. The van der Waals surface area contributed by atoms with Gasteiger partial charge in [0.1, 0.15) is 23.4 Å². The van der Waals surface area contributed by atoms with Gasteiger partial charge in [-0.1, -0.05) is 6.07 Å². The molecule has 2 aromatic rings. The molecule has 43 heavy (non-hydrogen) atoms. The monoisotopic (exact) mass is 605 g/mol. The van der Waals surface area contributed by atoms with Crippen LogP contribution in [0.4, 0.5) is 19.0 Å². The van der Waals surface area contributed by atoms with Gasteiger partial charge in [0.2, 0.25) is 0 Å². The molecule has 8 nitrogen and oxygen atoms in total. The summed E-state index contributed by atoms with van der Waals surface area (Å²) in [4.78, 5) is 18.7. The molecule has 3 aliphatic heterocycles. The lowest BCUT2D eigenvalue weighted by atomic mass is 9.95. The van der Waals surface area contributed by atoms with E-state index in [4.69, 9.17) is 14.2 Å². The van der Waals surface area contributed by atoms with Gasteiger partial charge in [0.25, 0.3) is 5.92 Å². The number of aromatic nitrogens is 1. The number of nitrogens with one attached hydrogen (secondary N) is 1. The number of nitrogens with zero attached hydrogens (tertiary/aromatic N) is 2. The fraction of sp³-hybridized carbons (Fsp3) is 0.625. The largest absolute Gasteiger partial charge is 0.496 e. The van der Waals surface area contributed by atoms with Gasteiger partial charge >= 0.3 is 5.97 Å². The summed E-state index contributed by atoms with van der Waals surface area (Å²) < 4.78 is 62.9. The zero-order chi connectivity index (χ0) is 30.4. The van der Waals surface area contributed by atoms with Gasteiger partial charge in [-0.15, -0.1) is 0 Å². The highest BCUT2D eigenvalue weighted by Crippen LogP contribution is 2.41. The molecule has 4 heterocycles. The van der Waals surface area contributed by atoms with Crippen molar-refractivity contribution in [1.29, 1.82) is 0 Å². The van der Waals surface area contributed by atoms with Crippen LogP contribution < -0.4 is 10.1 Å². The number of halogens is 3. The molecular formula is C32H42F3N3O5. The molecule has 11 heteroatoms. The molecule has 2 N–H and O–H groups in total. The molecule has 2 atom stereocenters. The first kappa shape index (κ1) is 31.5. The van der Waals surface area contributed by atoms with Crippen molar-refractivity contribution >= 4 is 11.8 Å². The van der Waals surface area contributed by atoms with E-state index in [9.17, 15) is 14.3 Å². The van der Waals surface area contributed by atoms with Crippen LogP contribution in [0.25, 0.3) is 0 Å². The molecule has 3 aliphatic rings. The Bertz CT molecular complexity index is 1240. The van der Waals surface area contributed by atoms with E-state index in [2.05, 4.69) is 10.3 Å². The van der Waals surface area contributed by atoms with Crippen molar-refractivity contribution in [3.05, 3.63) is 52.5 Å². The minimum absolute atomic E-state index is 0.0485. The number of carboxylic acids is 1. The fourth-order valence-electron chi connectivity index (χ4n) is 6.61. The predicted molar refractivity (Wildman–Crippen MR) is 155 cm³/mol. The average molecular weight is 606 g/mol. The molecule has 0 amide bonds. The molecule has 0 radical (unpaired) electrons.